The zero-order valence-electron chi connectivity index (χ0n) is 21.6. The van der Waals surface area contributed by atoms with E-state index >= 15 is 0 Å². The molecule has 0 bridgehead atoms. The van der Waals surface area contributed by atoms with E-state index in [1.165, 1.54) is 7.11 Å². The van der Waals surface area contributed by atoms with Crippen molar-refractivity contribution in [2.75, 3.05) is 20.8 Å². The van der Waals surface area contributed by atoms with Gasteiger partial charge >= 0.3 is 5.97 Å². The van der Waals surface area contributed by atoms with Crippen LogP contribution in [0.4, 0.5) is 0 Å². The van der Waals surface area contributed by atoms with Crippen molar-refractivity contribution in [1.29, 1.82) is 0 Å². The Bertz CT molecular complexity index is 1040. The highest BCUT2D eigenvalue weighted by Crippen LogP contribution is 2.37. The third-order valence-electron chi connectivity index (χ3n) is 6.26. The monoisotopic (exact) mass is 508 g/mol. The van der Waals surface area contributed by atoms with Crippen LogP contribution >= 0.6 is 0 Å². The Balaban J connectivity index is 1.87. The van der Waals surface area contributed by atoms with Crippen LogP contribution in [0.1, 0.15) is 26.3 Å². The van der Waals surface area contributed by atoms with E-state index < -0.39 is 26.5 Å². The van der Waals surface area contributed by atoms with Gasteiger partial charge in [-0.25, -0.2) is 4.79 Å². The fourth-order valence-electron chi connectivity index (χ4n) is 4.42. The molecule has 0 aliphatic heterocycles. The molecule has 0 unspecified atom stereocenters. The van der Waals surface area contributed by atoms with E-state index in [0.717, 1.165) is 21.7 Å². The first-order chi connectivity index (χ1) is 17.2. The Morgan fingerprint density at radius 1 is 0.861 bits per heavy atom. The summed E-state index contributed by atoms with van der Waals surface area (Å²) in [6, 6.07) is 27.6. The van der Waals surface area contributed by atoms with Crippen LogP contribution in [-0.4, -0.2) is 52.4 Å². The molecule has 0 saturated heterocycles. The fraction of sp³-hybridized carbons (Fsp3) is 0.345. The maximum absolute atomic E-state index is 12.6. The number of aliphatic hydroxyl groups is 1. The van der Waals surface area contributed by atoms with Gasteiger partial charge in [0.15, 0.2) is 6.10 Å². The first kappa shape index (κ1) is 27.6. The van der Waals surface area contributed by atoms with Crippen LogP contribution in [0.5, 0.6) is 5.75 Å². The van der Waals surface area contributed by atoms with Gasteiger partial charge in [-0.05, 0) is 33.1 Å². The molecule has 36 heavy (non-hydrogen) atoms. The number of benzene rings is 3. The molecule has 0 radical (unpaired) electrons. The molecule has 7 heteroatoms. The molecule has 0 heterocycles. The van der Waals surface area contributed by atoms with Crippen LogP contribution in [0.25, 0.3) is 0 Å². The molecule has 0 aliphatic rings. The van der Waals surface area contributed by atoms with Crippen molar-refractivity contribution < 1.29 is 28.5 Å². The number of ether oxygens (including phenoxy) is 3. The molecular formula is C29H36O6Si. The molecule has 2 atom stereocenters. The van der Waals surface area contributed by atoms with E-state index in [0.29, 0.717) is 0 Å². The van der Waals surface area contributed by atoms with Crippen molar-refractivity contribution >= 4 is 24.7 Å². The predicted molar refractivity (Wildman–Crippen MR) is 143 cm³/mol. The van der Waals surface area contributed by atoms with Gasteiger partial charge in [0.25, 0.3) is 8.32 Å². The third-order valence-corrected chi connectivity index (χ3v) is 11.3. The third kappa shape index (κ3) is 6.23. The molecule has 192 valence electrons. The first-order valence-electron chi connectivity index (χ1n) is 12.0. The summed E-state index contributed by atoms with van der Waals surface area (Å²) >= 11 is 0. The van der Waals surface area contributed by atoms with E-state index in [1.807, 2.05) is 60.7 Å². The van der Waals surface area contributed by atoms with Crippen molar-refractivity contribution in [1.82, 2.24) is 0 Å². The number of hydrogen-bond acceptors (Lipinski definition) is 6. The van der Waals surface area contributed by atoms with Crippen LogP contribution in [0.3, 0.4) is 0 Å². The van der Waals surface area contributed by atoms with Crippen LogP contribution in [0.2, 0.25) is 5.04 Å². The molecule has 0 amide bonds. The lowest BCUT2D eigenvalue weighted by molar-refractivity contribution is -0.165. The van der Waals surface area contributed by atoms with Gasteiger partial charge in [0.2, 0.25) is 0 Å². The SMILES string of the molecule is COC(=O)[C@H](OCc1ccc(OC)cc1)[C@H](O)CO[Si](c1ccccc1)(c1ccccc1)C(C)(C)C. The summed E-state index contributed by atoms with van der Waals surface area (Å²) in [6.07, 6.45) is -2.42. The van der Waals surface area contributed by atoms with E-state index in [4.69, 9.17) is 18.6 Å². The second kappa shape index (κ2) is 12.3. The van der Waals surface area contributed by atoms with Crippen LogP contribution in [0, 0.1) is 0 Å². The number of carbonyl (C=O) groups is 1. The molecular weight excluding hydrogens is 472 g/mol. The minimum absolute atomic E-state index is 0.0876. The Labute approximate surface area is 214 Å². The Morgan fingerprint density at radius 2 is 1.39 bits per heavy atom. The normalized spacial score (nSPS) is 13.6. The summed E-state index contributed by atoms with van der Waals surface area (Å²) < 4.78 is 22.7. The number of esters is 1. The van der Waals surface area contributed by atoms with E-state index in [2.05, 4.69) is 45.0 Å². The molecule has 0 aliphatic carbocycles. The molecule has 0 fully saturated rings. The molecule has 3 rings (SSSR count). The van der Waals surface area contributed by atoms with Gasteiger partial charge in [-0.1, -0.05) is 93.6 Å². The number of carbonyl (C=O) groups excluding carboxylic acids is 1. The van der Waals surface area contributed by atoms with Gasteiger partial charge in [-0.2, -0.15) is 0 Å². The number of rotatable bonds is 11. The van der Waals surface area contributed by atoms with E-state index in [-0.39, 0.29) is 18.3 Å². The lowest BCUT2D eigenvalue weighted by Gasteiger charge is -2.43. The van der Waals surface area contributed by atoms with Crippen molar-refractivity contribution in [3.05, 3.63) is 90.5 Å². The van der Waals surface area contributed by atoms with Gasteiger partial charge < -0.3 is 23.7 Å². The van der Waals surface area contributed by atoms with Crippen molar-refractivity contribution in [2.45, 2.75) is 44.6 Å². The molecule has 0 spiro atoms. The quantitative estimate of drug-likeness (QED) is 0.315. The standard InChI is InChI=1S/C29H36O6Si/c1-29(2,3)36(24-12-8-6-9-13-24,25-14-10-7-11-15-25)35-21-26(30)27(28(31)33-5)34-20-22-16-18-23(32-4)19-17-22/h6-19,26-27,30H,20-21H2,1-5H3/t26-,27-/m1/s1. The minimum atomic E-state index is -2.88. The van der Waals surface area contributed by atoms with Crippen molar-refractivity contribution in [2.24, 2.45) is 0 Å². The summed E-state index contributed by atoms with van der Waals surface area (Å²) in [5.74, 6) is 0.0732. The first-order valence-corrected chi connectivity index (χ1v) is 13.9. The summed E-state index contributed by atoms with van der Waals surface area (Å²) in [6.45, 7) is 6.51. The Kier molecular flexibility index (Phi) is 9.45. The summed E-state index contributed by atoms with van der Waals surface area (Å²) in [4.78, 5) is 12.6. The highest BCUT2D eigenvalue weighted by molar-refractivity contribution is 6.99. The average Bonchev–Trinajstić information content (AvgIpc) is 2.89. The Morgan fingerprint density at radius 3 is 1.83 bits per heavy atom. The number of aliphatic hydroxyl groups excluding tert-OH is 1. The van der Waals surface area contributed by atoms with E-state index in [9.17, 15) is 9.90 Å². The summed E-state index contributed by atoms with van der Waals surface area (Å²) in [5.41, 5.74) is 0.838. The number of methoxy groups -OCH3 is 2. The average molecular weight is 509 g/mol. The molecule has 0 aromatic heterocycles. The largest absolute Gasteiger partial charge is 0.497 e. The van der Waals surface area contributed by atoms with Crippen LogP contribution in [0.15, 0.2) is 84.9 Å². The topological polar surface area (TPSA) is 74.2 Å². The van der Waals surface area contributed by atoms with Gasteiger partial charge in [0, 0.05) is 0 Å². The van der Waals surface area contributed by atoms with Gasteiger partial charge in [0.05, 0.1) is 27.4 Å². The molecule has 3 aromatic carbocycles. The molecule has 3 aromatic rings. The van der Waals surface area contributed by atoms with Gasteiger partial charge in [-0.3, -0.25) is 0 Å². The van der Waals surface area contributed by atoms with Crippen molar-refractivity contribution in [3.63, 3.8) is 0 Å². The highest BCUT2D eigenvalue weighted by Gasteiger charge is 2.50. The molecule has 6 nitrogen and oxygen atoms in total. The summed E-state index contributed by atoms with van der Waals surface area (Å²) in [5, 5.41) is 13.1. The van der Waals surface area contributed by atoms with Crippen LogP contribution in [-0.2, 0) is 25.3 Å². The minimum Gasteiger partial charge on any atom is -0.497 e. The van der Waals surface area contributed by atoms with E-state index in [1.54, 1.807) is 7.11 Å². The lowest BCUT2D eigenvalue weighted by atomic mass is 10.2. The zero-order valence-corrected chi connectivity index (χ0v) is 22.6. The second-order valence-electron chi connectivity index (χ2n) is 9.64. The molecule has 1 N–H and O–H groups in total. The van der Waals surface area contributed by atoms with Crippen molar-refractivity contribution in [3.8, 4) is 5.75 Å². The zero-order chi connectivity index (χ0) is 26.2. The maximum atomic E-state index is 12.6. The number of hydrogen-bond donors (Lipinski definition) is 1. The smallest absolute Gasteiger partial charge is 0.337 e. The van der Waals surface area contributed by atoms with Crippen LogP contribution < -0.4 is 15.1 Å². The summed E-state index contributed by atoms with van der Waals surface area (Å²) in [7, 11) is -0.00419. The van der Waals surface area contributed by atoms with Gasteiger partial charge in [0.1, 0.15) is 11.9 Å². The Hall–Kier alpha value is -2.97. The predicted octanol–water partition coefficient (Wildman–Crippen LogP) is 3.69. The van der Waals surface area contributed by atoms with Gasteiger partial charge in [-0.15, -0.1) is 0 Å². The highest BCUT2D eigenvalue weighted by atomic mass is 28.4. The molecule has 0 saturated carbocycles. The second-order valence-corrected chi connectivity index (χ2v) is 14.0. The maximum Gasteiger partial charge on any atom is 0.337 e. The lowest BCUT2D eigenvalue weighted by Crippen LogP contribution is -2.67. The fourth-order valence-corrected chi connectivity index (χ4v) is 9.00.